The fourth-order valence-corrected chi connectivity index (χ4v) is 5.39. The van der Waals surface area contributed by atoms with E-state index in [1.807, 2.05) is 18.2 Å². The lowest BCUT2D eigenvalue weighted by atomic mass is 9.95. The number of aromatic nitrogens is 1. The first-order chi connectivity index (χ1) is 17.5. The maximum atomic E-state index is 13.8. The normalized spacial score (nSPS) is 16.4. The third kappa shape index (κ3) is 3.93. The van der Waals surface area contributed by atoms with Gasteiger partial charge in [0.05, 0.1) is 42.7 Å². The van der Waals surface area contributed by atoms with Crippen molar-refractivity contribution in [1.82, 2.24) is 4.57 Å². The molecule has 0 saturated heterocycles. The van der Waals surface area contributed by atoms with Crippen molar-refractivity contribution >= 4 is 23.4 Å². The van der Waals surface area contributed by atoms with Crippen molar-refractivity contribution < 1.29 is 28.5 Å². The van der Waals surface area contributed by atoms with Crippen LogP contribution in [0.1, 0.15) is 31.0 Å². The number of benzene rings is 2. The number of thiazole rings is 1. The largest absolute Gasteiger partial charge is 0.493 e. The molecule has 5 rings (SSSR count). The van der Waals surface area contributed by atoms with E-state index in [0.29, 0.717) is 54.7 Å². The molecule has 2 aliphatic heterocycles. The van der Waals surface area contributed by atoms with E-state index >= 15 is 0 Å². The molecule has 3 heterocycles. The molecule has 0 fully saturated rings. The predicted octanol–water partition coefficient (Wildman–Crippen LogP) is 2.54. The number of fused-ring (bicyclic) bond motifs is 2. The summed E-state index contributed by atoms with van der Waals surface area (Å²) in [5.74, 6) is 1.70. The predicted molar refractivity (Wildman–Crippen MR) is 133 cm³/mol. The first-order valence-electron chi connectivity index (χ1n) is 11.3. The number of carbonyl (C=O) groups is 1. The number of rotatable bonds is 6. The number of hydrogen-bond acceptors (Lipinski definition) is 9. The van der Waals surface area contributed by atoms with E-state index in [-0.39, 0.29) is 19.0 Å². The van der Waals surface area contributed by atoms with Crippen molar-refractivity contribution in [2.45, 2.75) is 19.9 Å². The number of allylic oxidation sites excluding steroid dienone is 1. The van der Waals surface area contributed by atoms with Crippen LogP contribution >= 0.6 is 11.3 Å². The molecule has 2 aromatic carbocycles. The molecule has 0 bridgehead atoms. The van der Waals surface area contributed by atoms with Crippen LogP contribution in [0.4, 0.5) is 0 Å². The molecule has 0 spiro atoms. The summed E-state index contributed by atoms with van der Waals surface area (Å²) >= 11 is 1.23. The van der Waals surface area contributed by atoms with Gasteiger partial charge >= 0.3 is 5.97 Å². The summed E-state index contributed by atoms with van der Waals surface area (Å²) in [5.41, 5.74) is 1.86. The molecular weight excluding hydrogens is 484 g/mol. The molecule has 10 heteroatoms. The third-order valence-corrected chi connectivity index (χ3v) is 6.93. The van der Waals surface area contributed by atoms with Gasteiger partial charge in [-0.15, -0.1) is 0 Å². The van der Waals surface area contributed by atoms with Crippen LogP contribution in [-0.4, -0.2) is 38.2 Å². The Hall–Kier alpha value is -4.05. The van der Waals surface area contributed by atoms with Crippen LogP contribution in [0.15, 0.2) is 57.5 Å². The van der Waals surface area contributed by atoms with Gasteiger partial charge in [-0.25, -0.2) is 9.79 Å². The van der Waals surface area contributed by atoms with Crippen molar-refractivity contribution in [2.24, 2.45) is 4.99 Å². The molecule has 1 aromatic heterocycles. The Morgan fingerprint density at radius 1 is 1.19 bits per heavy atom. The number of ether oxygens (including phenoxy) is 5. The second-order valence-corrected chi connectivity index (χ2v) is 9.01. The first kappa shape index (κ1) is 23.7. The van der Waals surface area contributed by atoms with Crippen molar-refractivity contribution in [3.05, 3.63) is 78.5 Å². The minimum absolute atomic E-state index is 0.115. The van der Waals surface area contributed by atoms with Crippen LogP contribution in [0, 0.1) is 0 Å². The van der Waals surface area contributed by atoms with E-state index in [1.165, 1.54) is 15.9 Å². The van der Waals surface area contributed by atoms with Gasteiger partial charge in [-0.05, 0) is 43.7 Å². The number of esters is 1. The van der Waals surface area contributed by atoms with Gasteiger partial charge in [0.2, 0.25) is 6.79 Å². The SMILES string of the molecule is CCOC(=O)C1=C(C)N=c2s/c(=C\c3cccc(OC)c3OC)c(=O)n2[C@H]1c1ccc2c(c1)OCO2. The second kappa shape index (κ2) is 9.54. The molecule has 2 aliphatic rings. The number of hydrogen-bond donors (Lipinski definition) is 0. The molecule has 0 amide bonds. The van der Waals surface area contributed by atoms with Gasteiger partial charge in [-0.3, -0.25) is 9.36 Å². The summed E-state index contributed by atoms with van der Waals surface area (Å²) in [6.07, 6.45) is 1.74. The van der Waals surface area contributed by atoms with Crippen LogP contribution in [0.25, 0.3) is 6.08 Å². The highest BCUT2D eigenvalue weighted by atomic mass is 32.1. The zero-order valence-corrected chi connectivity index (χ0v) is 21.0. The Labute approximate surface area is 210 Å². The molecule has 0 unspecified atom stereocenters. The van der Waals surface area contributed by atoms with Gasteiger partial charge < -0.3 is 23.7 Å². The smallest absolute Gasteiger partial charge is 0.338 e. The molecule has 0 radical (unpaired) electrons. The standard InChI is InChI=1S/C26H24N2O7S/c1-5-33-25(30)21-14(2)27-26-28(22(21)15-9-10-17-19(11-15)35-13-34-17)24(29)20(36-26)12-16-7-6-8-18(31-3)23(16)32-4/h6-12,22H,5,13H2,1-4H3/b20-12-/t22-/m0/s1. The third-order valence-electron chi connectivity index (χ3n) is 5.95. The maximum Gasteiger partial charge on any atom is 0.338 e. The summed E-state index contributed by atoms with van der Waals surface area (Å²) in [5, 5.41) is 0. The number of carbonyl (C=O) groups excluding carboxylic acids is 1. The van der Waals surface area contributed by atoms with Gasteiger partial charge in [-0.1, -0.05) is 29.5 Å². The van der Waals surface area contributed by atoms with Gasteiger partial charge in [-0.2, -0.15) is 0 Å². The Balaban J connectivity index is 1.73. The molecule has 0 N–H and O–H groups in total. The molecule has 9 nitrogen and oxygen atoms in total. The average molecular weight is 509 g/mol. The molecule has 186 valence electrons. The van der Waals surface area contributed by atoms with Gasteiger partial charge in [0.1, 0.15) is 0 Å². The van der Waals surface area contributed by atoms with Crippen LogP contribution in [-0.2, 0) is 9.53 Å². The van der Waals surface area contributed by atoms with Crippen LogP contribution in [0.5, 0.6) is 23.0 Å². The van der Waals surface area contributed by atoms with Crippen LogP contribution < -0.4 is 33.8 Å². The first-order valence-corrected chi connectivity index (χ1v) is 12.1. The summed E-state index contributed by atoms with van der Waals surface area (Å²) in [7, 11) is 3.10. The van der Waals surface area contributed by atoms with Crippen LogP contribution in [0.2, 0.25) is 0 Å². The summed E-state index contributed by atoms with van der Waals surface area (Å²) < 4.78 is 29.2. The summed E-state index contributed by atoms with van der Waals surface area (Å²) in [6.45, 7) is 3.79. The molecule has 0 aliphatic carbocycles. The lowest BCUT2D eigenvalue weighted by Crippen LogP contribution is -2.39. The second-order valence-electron chi connectivity index (χ2n) is 8.00. The van der Waals surface area contributed by atoms with E-state index in [2.05, 4.69) is 4.99 Å². The fourth-order valence-electron chi connectivity index (χ4n) is 4.36. The minimum atomic E-state index is -0.746. The molecular formula is C26H24N2O7S. The average Bonchev–Trinajstić information content (AvgIpc) is 3.46. The van der Waals surface area contributed by atoms with Gasteiger partial charge in [0.25, 0.3) is 5.56 Å². The highest BCUT2D eigenvalue weighted by Gasteiger charge is 2.34. The highest BCUT2D eigenvalue weighted by molar-refractivity contribution is 7.07. The molecule has 3 aromatic rings. The Morgan fingerprint density at radius 2 is 2.00 bits per heavy atom. The van der Waals surface area contributed by atoms with E-state index < -0.39 is 12.0 Å². The van der Waals surface area contributed by atoms with Crippen LogP contribution in [0.3, 0.4) is 0 Å². The molecule has 0 saturated carbocycles. The Kier molecular flexibility index (Phi) is 6.27. The summed E-state index contributed by atoms with van der Waals surface area (Å²) in [4.78, 5) is 31.9. The topological polar surface area (TPSA) is 97.6 Å². The quantitative estimate of drug-likeness (QED) is 0.472. The molecule has 36 heavy (non-hydrogen) atoms. The van der Waals surface area contributed by atoms with E-state index in [4.69, 9.17) is 23.7 Å². The summed E-state index contributed by atoms with van der Waals surface area (Å²) in [6, 6.07) is 10.1. The fraction of sp³-hybridized carbons (Fsp3) is 0.269. The Morgan fingerprint density at radius 3 is 2.75 bits per heavy atom. The maximum absolute atomic E-state index is 13.8. The highest BCUT2D eigenvalue weighted by Crippen LogP contribution is 2.38. The Bertz CT molecular complexity index is 1570. The van der Waals surface area contributed by atoms with Gasteiger partial charge in [0, 0.05) is 5.56 Å². The number of para-hydroxylation sites is 1. The number of methoxy groups -OCH3 is 2. The van der Waals surface area contributed by atoms with Crippen molar-refractivity contribution in [3.8, 4) is 23.0 Å². The zero-order chi connectivity index (χ0) is 25.4. The number of nitrogens with zero attached hydrogens (tertiary/aromatic N) is 2. The van der Waals surface area contributed by atoms with Crippen molar-refractivity contribution in [3.63, 3.8) is 0 Å². The van der Waals surface area contributed by atoms with Gasteiger partial charge in [0.15, 0.2) is 27.8 Å². The van der Waals surface area contributed by atoms with E-state index in [1.54, 1.807) is 52.3 Å². The lowest BCUT2D eigenvalue weighted by molar-refractivity contribution is -0.139. The van der Waals surface area contributed by atoms with Crippen molar-refractivity contribution in [1.29, 1.82) is 0 Å². The molecule has 1 atom stereocenters. The van der Waals surface area contributed by atoms with E-state index in [9.17, 15) is 9.59 Å². The minimum Gasteiger partial charge on any atom is -0.493 e. The lowest BCUT2D eigenvalue weighted by Gasteiger charge is -2.24. The van der Waals surface area contributed by atoms with E-state index in [0.717, 1.165) is 0 Å². The monoisotopic (exact) mass is 508 g/mol. The van der Waals surface area contributed by atoms with Crippen molar-refractivity contribution in [2.75, 3.05) is 27.6 Å². The zero-order valence-electron chi connectivity index (χ0n) is 20.2.